The van der Waals surface area contributed by atoms with Crippen molar-refractivity contribution in [3.63, 3.8) is 0 Å². The predicted molar refractivity (Wildman–Crippen MR) is 188 cm³/mol. The van der Waals surface area contributed by atoms with Crippen LogP contribution in [0.4, 0.5) is 11.4 Å². The second-order valence-electron chi connectivity index (χ2n) is 10.7. The van der Waals surface area contributed by atoms with E-state index in [0.29, 0.717) is 0 Å². The molecule has 0 atom stereocenters. The van der Waals surface area contributed by atoms with Crippen LogP contribution in [-0.2, 0) is 42.9 Å². The summed E-state index contributed by atoms with van der Waals surface area (Å²) in [4.78, 5) is 0. The first-order valence-corrected chi connectivity index (χ1v) is 17.8. The average molecular weight is 706 g/mol. The number of hydrogen-bond acceptors (Lipinski definition) is 0. The fourth-order valence-electron chi connectivity index (χ4n) is 5.87. The quantitative estimate of drug-likeness (QED) is 0.0655. The minimum absolute atomic E-state index is 0. The summed E-state index contributed by atoms with van der Waals surface area (Å²) in [6.45, 7) is 4.50. The molecule has 1 heterocycles. The van der Waals surface area contributed by atoms with Crippen molar-refractivity contribution in [2.24, 2.45) is 0 Å². The van der Waals surface area contributed by atoms with Gasteiger partial charge in [-0.2, -0.15) is 0 Å². The number of para-hydroxylation sites is 2. The number of benzene rings is 6. The van der Waals surface area contributed by atoms with E-state index in [2.05, 4.69) is 164 Å². The fraction of sp³-hybridized carbons (Fsp3) is 0.0750. The van der Waals surface area contributed by atoms with E-state index in [1.54, 1.807) is 0 Å². The summed E-state index contributed by atoms with van der Waals surface area (Å²) in [6, 6.07) is 57.7. The normalized spacial score (nSPS) is 11.3. The summed E-state index contributed by atoms with van der Waals surface area (Å²) < 4.78 is 7.50. The predicted octanol–water partition coefficient (Wildman–Crippen LogP) is 9.15. The van der Waals surface area contributed by atoms with E-state index in [1.807, 2.05) is 0 Å². The first-order chi connectivity index (χ1) is 21.8. The Bertz CT molecular complexity index is 1620. The molecule has 0 bridgehead atoms. The van der Waals surface area contributed by atoms with Gasteiger partial charge in [0, 0.05) is 0 Å². The maximum Gasteiger partial charge on any atom is 1.00 e. The molecule has 0 fully saturated rings. The van der Waals surface area contributed by atoms with E-state index >= 15 is 0 Å². The van der Waals surface area contributed by atoms with E-state index < -0.39 is 15.8 Å². The molecule has 0 aliphatic carbocycles. The molecule has 6 aromatic carbocycles. The zero-order valence-corrected chi connectivity index (χ0v) is 28.3. The molecule has 0 spiro atoms. The molecule has 45 heavy (non-hydrogen) atoms. The SMILES string of the molecule is [C-]#[O+].[Ru+].c1ccc(P(Cc2cccc3c2[N-]c2c(cccc2CP(c2ccccc2)c2ccccc2)C3)c2ccccc2)cc1. The Morgan fingerprint density at radius 2 is 0.756 bits per heavy atom. The van der Waals surface area contributed by atoms with Gasteiger partial charge in [0.15, 0.2) is 0 Å². The van der Waals surface area contributed by atoms with Gasteiger partial charge >= 0.3 is 30.8 Å². The van der Waals surface area contributed by atoms with E-state index in [1.165, 1.54) is 54.8 Å². The number of hydrogen-bond donors (Lipinski definition) is 0. The van der Waals surface area contributed by atoms with Gasteiger partial charge in [0.05, 0.1) is 0 Å². The Balaban J connectivity index is 0.00000131. The second-order valence-corrected chi connectivity index (χ2v) is 15.1. The Morgan fingerprint density at radius 3 is 1.07 bits per heavy atom. The molecule has 0 aromatic heterocycles. The van der Waals surface area contributed by atoms with Crippen LogP contribution in [0.15, 0.2) is 158 Å². The van der Waals surface area contributed by atoms with Gasteiger partial charge in [0.25, 0.3) is 0 Å². The van der Waals surface area contributed by atoms with Crippen LogP contribution >= 0.6 is 15.8 Å². The van der Waals surface area contributed by atoms with Gasteiger partial charge in [-0.05, 0) is 55.8 Å². The van der Waals surface area contributed by atoms with Crippen LogP contribution in [-0.4, -0.2) is 0 Å². The molecular formula is C40H32NOP2Ru. The van der Waals surface area contributed by atoms with Crippen molar-refractivity contribution in [2.75, 3.05) is 0 Å². The molecule has 0 saturated carbocycles. The summed E-state index contributed by atoms with van der Waals surface area (Å²) in [5, 5.41) is 11.1. The van der Waals surface area contributed by atoms with Crippen LogP contribution in [0.3, 0.4) is 0 Å². The van der Waals surface area contributed by atoms with Crippen molar-refractivity contribution in [1.82, 2.24) is 0 Å². The third-order valence-electron chi connectivity index (χ3n) is 7.94. The van der Waals surface area contributed by atoms with Gasteiger partial charge in [-0.1, -0.05) is 180 Å². The molecule has 1 radical (unpaired) electrons. The summed E-state index contributed by atoms with van der Waals surface area (Å²) in [7, 11) is -1.10. The van der Waals surface area contributed by atoms with Crippen LogP contribution in [0.5, 0.6) is 0 Å². The van der Waals surface area contributed by atoms with Crippen LogP contribution < -0.4 is 21.2 Å². The number of rotatable bonds is 8. The van der Waals surface area contributed by atoms with Gasteiger partial charge in [-0.15, -0.1) is 11.4 Å². The van der Waals surface area contributed by atoms with Gasteiger partial charge in [-0.3, -0.25) is 0 Å². The Kier molecular flexibility index (Phi) is 11.7. The van der Waals surface area contributed by atoms with E-state index in [0.717, 1.165) is 18.7 Å². The van der Waals surface area contributed by atoms with Crippen LogP contribution in [0, 0.1) is 6.65 Å². The Morgan fingerprint density at radius 1 is 0.444 bits per heavy atom. The van der Waals surface area contributed by atoms with E-state index in [-0.39, 0.29) is 19.5 Å². The van der Waals surface area contributed by atoms with Crippen molar-refractivity contribution >= 4 is 48.4 Å². The molecule has 5 heteroatoms. The summed E-state index contributed by atoms with van der Waals surface area (Å²) in [5.41, 5.74) is 7.73. The molecule has 1 aliphatic heterocycles. The molecule has 1 aliphatic rings. The fourth-order valence-corrected chi connectivity index (χ4v) is 10.5. The first kappa shape index (κ1) is 32.7. The molecular weight excluding hydrogens is 673 g/mol. The molecule has 6 aromatic rings. The van der Waals surface area contributed by atoms with Gasteiger partial charge in [0.2, 0.25) is 0 Å². The van der Waals surface area contributed by atoms with Crippen LogP contribution in [0.2, 0.25) is 0 Å². The zero-order valence-electron chi connectivity index (χ0n) is 24.7. The topological polar surface area (TPSA) is 34.0 Å². The minimum atomic E-state index is -0.549. The third-order valence-corrected chi connectivity index (χ3v) is 12.9. The number of nitrogens with zero attached hydrogens (tertiary/aromatic N) is 1. The standard InChI is InChI=1S/C39H32NP2.CO.Ru/c1-5-19-34(20-6-1)41(35-21-7-2-8-22-35)28-32-17-13-15-30-27-31-16-14-18-33(39(31)40-38(30)32)29-42(36-23-9-3-10-24-36)37-25-11-4-12-26-37;1-2;/h1-26H,27-29H2;;/q-1;;+1. The van der Waals surface area contributed by atoms with Crippen molar-refractivity contribution < 1.29 is 24.1 Å². The van der Waals surface area contributed by atoms with Crippen molar-refractivity contribution in [3.05, 3.63) is 192 Å². The molecule has 2 nitrogen and oxygen atoms in total. The summed E-state index contributed by atoms with van der Waals surface area (Å²) in [5.74, 6) is 0. The Labute approximate surface area is 281 Å². The number of fused-ring (bicyclic) bond motifs is 2. The zero-order chi connectivity index (χ0) is 30.1. The molecule has 7 rings (SSSR count). The molecule has 0 amide bonds. The molecule has 0 N–H and O–H groups in total. The van der Waals surface area contributed by atoms with E-state index in [4.69, 9.17) is 9.97 Å². The van der Waals surface area contributed by atoms with Gasteiger partial charge < -0.3 is 5.32 Å². The minimum Gasteiger partial charge on any atom is -0.657 e. The summed E-state index contributed by atoms with van der Waals surface area (Å²) in [6.07, 6.45) is 2.89. The van der Waals surface area contributed by atoms with Crippen molar-refractivity contribution in [1.29, 1.82) is 0 Å². The van der Waals surface area contributed by atoms with Gasteiger partial charge in [-0.25, -0.2) is 0 Å². The Hall–Kier alpha value is -3.66. The molecule has 221 valence electrons. The first-order valence-electron chi connectivity index (χ1n) is 14.7. The maximum absolute atomic E-state index is 7.50. The van der Waals surface area contributed by atoms with Gasteiger partial charge in [0.1, 0.15) is 0 Å². The largest absolute Gasteiger partial charge is 1.00 e. The smallest absolute Gasteiger partial charge is 0.657 e. The van der Waals surface area contributed by atoms with E-state index in [9.17, 15) is 0 Å². The summed E-state index contributed by atoms with van der Waals surface area (Å²) >= 11 is 0. The van der Waals surface area contributed by atoms with Crippen molar-refractivity contribution in [3.8, 4) is 0 Å². The van der Waals surface area contributed by atoms with Crippen LogP contribution in [0.1, 0.15) is 22.3 Å². The maximum atomic E-state index is 7.50. The average Bonchev–Trinajstić information content (AvgIpc) is 3.11. The second kappa shape index (κ2) is 16.1. The molecule has 0 unspecified atom stereocenters. The van der Waals surface area contributed by atoms with Crippen molar-refractivity contribution in [2.45, 2.75) is 18.7 Å². The van der Waals surface area contributed by atoms with Crippen LogP contribution in [0.25, 0.3) is 5.32 Å². The third kappa shape index (κ3) is 7.60. The monoisotopic (exact) mass is 706 g/mol. The molecule has 0 saturated heterocycles.